The first-order valence-electron chi connectivity index (χ1n) is 8.20. The molecule has 25 heavy (non-hydrogen) atoms. The lowest BCUT2D eigenvalue weighted by Crippen LogP contribution is -1.93. The first-order chi connectivity index (χ1) is 12.3. The highest BCUT2D eigenvalue weighted by Gasteiger charge is 2.06. The minimum atomic E-state index is 0.698. The topological polar surface area (TPSA) is 65.4 Å². The molecule has 0 fully saturated rings. The van der Waals surface area contributed by atoms with Gasteiger partial charge in [-0.05, 0) is 59.5 Å². The van der Waals surface area contributed by atoms with E-state index in [2.05, 4.69) is 33.2 Å². The number of hydrogen-bond acceptors (Lipinski definition) is 3. The Morgan fingerprint density at radius 1 is 0.920 bits per heavy atom. The van der Waals surface area contributed by atoms with E-state index in [-0.39, 0.29) is 0 Å². The highest BCUT2D eigenvalue weighted by molar-refractivity contribution is 5.81. The minimum absolute atomic E-state index is 0.698. The molecule has 2 aromatic heterocycles. The van der Waals surface area contributed by atoms with Gasteiger partial charge in [-0.15, -0.1) is 0 Å². The Bertz CT molecular complexity index is 1060. The summed E-state index contributed by atoms with van der Waals surface area (Å²) in [6.45, 7) is 0. The number of aromatic nitrogens is 3. The maximum atomic E-state index is 8.99. The van der Waals surface area contributed by atoms with Crippen LogP contribution in [0.4, 0.5) is 0 Å². The maximum Gasteiger partial charge on any atom is 0.107 e. The third kappa shape index (κ3) is 3.26. The molecule has 0 aliphatic carbocycles. The van der Waals surface area contributed by atoms with Gasteiger partial charge >= 0.3 is 0 Å². The third-order valence-electron chi connectivity index (χ3n) is 4.25. The molecular weight excluding hydrogens is 308 g/mol. The van der Waals surface area contributed by atoms with E-state index in [0.29, 0.717) is 5.56 Å². The van der Waals surface area contributed by atoms with Crippen molar-refractivity contribution < 1.29 is 0 Å². The second kappa shape index (κ2) is 6.58. The molecule has 0 unspecified atom stereocenters. The Balaban J connectivity index is 1.56. The van der Waals surface area contributed by atoms with Crippen molar-refractivity contribution in [3.05, 3.63) is 83.9 Å². The SMILES string of the molecule is N#Cc1cccc(CCc2nc3ccc(-c4ccncc4)cc3[nH]2)c1. The van der Waals surface area contributed by atoms with Gasteiger partial charge in [0.2, 0.25) is 0 Å². The lowest BCUT2D eigenvalue weighted by Gasteiger charge is -2.00. The van der Waals surface area contributed by atoms with Crippen molar-refractivity contribution in [2.45, 2.75) is 12.8 Å². The summed E-state index contributed by atoms with van der Waals surface area (Å²) in [5.74, 6) is 0.962. The normalized spacial score (nSPS) is 10.7. The van der Waals surface area contributed by atoms with Gasteiger partial charge in [0.15, 0.2) is 0 Å². The molecule has 120 valence electrons. The van der Waals surface area contributed by atoms with Gasteiger partial charge in [0.1, 0.15) is 5.82 Å². The van der Waals surface area contributed by atoms with E-state index in [0.717, 1.165) is 46.4 Å². The number of benzene rings is 2. The fraction of sp³-hybridized carbons (Fsp3) is 0.0952. The molecule has 0 aliphatic rings. The predicted octanol–water partition coefficient (Wildman–Crippen LogP) is 4.28. The monoisotopic (exact) mass is 324 g/mol. The van der Waals surface area contributed by atoms with E-state index in [9.17, 15) is 0 Å². The molecule has 4 nitrogen and oxygen atoms in total. The molecule has 2 heterocycles. The third-order valence-corrected chi connectivity index (χ3v) is 4.25. The van der Waals surface area contributed by atoms with E-state index in [1.807, 2.05) is 42.5 Å². The van der Waals surface area contributed by atoms with E-state index in [4.69, 9.17) is 5.26 Å². The number of aromatic amines is 1. The van der Waals surface area contributed by atoms with Gasteiger partial charge in [-0.1, -0.05) is 18.2 Å². The van der Waals surface area contributed by atoms with Crippen LogP contribution in [0.25, 0.3) is 22.2 Å². The van der Waals surface area contributed by atoms with Crippen LogP contribution in [0.3, 0.4) is 0 Å². The summed E-state index contributed by atoms with van der Waals surface area (Å²) in [5.41, 5.74) is 6.14. The summed E-state index contributed by atoms with van der Waals surface area (Å²) in [6.07, 6.45) is 5.27. The van der Waals surface area contributed by atoms with Crippen molar-refractivity contribution in [2.24, 2.45) is 0 Å². The van der Waals surface area contributed by atoms with Crippen LogP contribution in [-0.4, -0.2) is 15.0 Å². The first-order valence-corrected chi connectivity index (χ1v) is 8.20. The Morgan fingerprint density at radius 3 is 2.64 bits per heavy atom. The summed E-state index contributed by atoms with van der Waals surface area (Å²) >= 11 is 0. The number of nitriles is 1. The number of rotatable bonds is 4. The number of hydrogen-bond donors (Lipinski definition) is 1. The van der Waals surface area contributed by atoms with Gasteiger partial charge in [0.05, 0.1) is 22.7 Å². The van der Waals surface area contributed by atoms with Crippen molar-refractivity contribution in [3.63, 3.8) is 0 Å². The number of fused-ring (bicyclic) bond motifs is 1. The van der Waals surface area contributed by atoms with Crippen LogP contribution in [0.2, 0.25) is 0 Å². The van der Waals surface area contributed by atoms with Gasteiger partial charge in [0, 0.05) is 18.8 Å². The van der Waals surface area contributed by atoms with Crippen molar-refractivity contribution in [1.29, 1.82) is 5.26 Å². The van der Waals surface area contributed by atoms with Crippen molar-refractivity contribution in [2.75, 3.05) is 0 Å². The molecule has 0 radical (unpaired) electrons. The standard InChI is InChI=1S/C21H16N4/c22-14-16-3-1-2-15(12-16)4-7-21-24-19-6-5-18(13-20(19)25-21)17-8-10-23-11-9-17/h1-3,5-6,8-13H,4,7H2,(H,24,25). The van der Waals surface area contributed by atoms with Crippen LogP contribution < -0.4 is 0 Å². The lowest BCUT2D eigenvalue weighted by atomic mass is 10.1. The number of nitrogens with one attached hydrogen (secondary N) is 1. The summed E-state index contributed by atoms with van der Waals surface area (Å²) in [7, 11) is 0. The van der Waals surface area contributed by atoms with Crippen LogP contribution in [0.1, 0.15) is 17.0 Å². The van der Waals surface area contributed by atoms with Gasteiger partial charge in [-0.25, -0.2) is 4.98 Å². The van der Waals surface area contributed by atoms with E-state index >= 15 is 0 Å². The molecule has 4 aromatic rings. The quantitative estimate of drug-likeness (QED) is 0.609. The molecule has 0 saturated carbocycles. The Hall–Kier alpha value is -3.45. The highest BCUT2D eigenvalue weighted by atomic mass is 14.9. The smallest absolute Gasteiger partial charge is 0.107 e. The van der Waals surface area contributed by atoms with Gasteiger partial charge in [-0.3, -0.25) is 4.98 Å². The Labute approximate surface area is 145 Å². The number of aryl methyl sites for hydroxylation is 2. The number of H-pyrrole nitrogens is 1. The average molecular weight is 324 g/mol. The van der Waals surface area contributed by atoms with Crippen LogP contribution in [0.5, 0.6) is 0 Å². The zero-order valence-electron chi connectivity index (χ0n) is 13.6. The van der Waals surface area contributed by atoms with Crippen molar-refractivity contribution in [1.82, 2.24) is 15.0 Å². The Morgan fingerprint density at radius 2 is 1.80 bits per heavy atom. The maximum absolute atomic E-state index is 8.99. The Kier molecular flexibility index (Phi) is 3.97. The first kappa shape index (κ1) is 15.1. The number of nitrogens with zero attached hydrogens (tertiary/aromatic N) is 3. The fourth-order valence-corrected chi connectivity index (χ4v) is 2.96. The summed E-state index contributed by atoms with van der Waals surface area (Å²) in [6, 6.07) is 20.2. The predicted molar refractivity (Wildman–Crippen MR) is 97.9 cm³/mol. The van der Waals surface area contributed by atoms with E-state index < -0.39 is 0 Å². The van der Waals surface area contributed by atoms with Gasteiger partial charge < -0.3 is 4.98 Å². The number of imidazole rings is 1. The average Bonchev–Trinajstić information content (AvgIpc) is 3.09. The van der Waals surface area contributed by atoms with Gasteiger partial charge in [0.25, 0.3) is 0 Å². The molecule has 2 aromatic carbocycles. The zero-order chi connectivity index (χ0) is 17.1. The van der Waals surface area contributed by atoms with Crippen molar-refractivity contribution >= 4 is 11.0 Å². The molecule has 0 amide bonds. The highest BCUT2D eigenvalue weighted by Crippen LogP contribution is 2.23. The van der Waals surface area contributed by atoms with Crippen molar-refractivity contribution in [3.8, 4) is 17.2 Å². The van der Waals surface area contributed by atoms with Crippen LogP contribution in [0, 0.1) is 11.3 Å². The molecular formula is C21H16N4. The molecule has 0 aliphatic heterocycles. The molecule has 0 spiro atoms. The van der Waals surface area contributed by atoms with Crippen LogP contribution >= 0.6 is 0 Å². The van der Waals surface area contributed by atoms with Gasteiger partial charge in [-0.2, -0.15) is 5.26 Å². The molecule has 1 N–H and O–H groups in total. The number of pyridine rings is 1. The minimum Gasteiger partial charge on any atom is -0.342 e. The molecule has 0 bridgehead atoms. The summed E-state index contributed by atoms with van der Waals surface area (Å²) in [4.78, 5) is 12.1. The second-order valence-electron chi connectivity index (χ2n) is 5.96. The molecule has 0 saturated heterocycles. The van der Waals surface area contributed by atoms with E-state index in [1.54, 1.807) is 12.4 Å². The molecule has 4 heteroatoms. The largest absolute Gasteiger partial charge is 0.342 e. The second-order valence-corrected chi connectivity index (χ2v) is 5.96. The fourth-order valence-electron chi connectivity index (χ4n) is 2.96. The molecule has 4 rings (SSSR count). The lowest BCUT2D eigenvalue weighted by molar-refractivity contribution is 0.890. The van der Waals surface area contributed by atoms with E-state index in [1.165, 1.54) is 0 Å². The summed E-state index contributed by atoms with van der Waals surface area (Å²) < 4.78 is 0. The van der Waals surface area contributed by atoms with Crippen LogP contribution in [-0.2, 0) is 12.8 Å². The summed E-state index contributed by atoms with van der Waals surface area (Å²) in [5, 5.41) is 8.99. The zero-order valence-corrected chi connectivity index (χ0v) is 13.6. The molecule has 0 atom stereocenters. The van der Waals surface area contributed by atoms with Crippen LogP contribution in [0.15, 0.2) is 67.0 Å².